The van der Waals surface area contributed by atoms with E-state index in [9.17, 15) is 9.90 Å². The van der Waals surface area contributed by atoms with Crippen molar-refractivity contribution in [3.05, 3.63) is 17.5 Å². The number of rotatable bonds is 5. The molecule has 1 aromatic rings. The van der Waals surface area contributed by atoms with Gasteiger partial charge in [-0.2, -0.15) is 5.10 Å². The van der Waals surface area contributed by atoms with Crippen LogP contribution in [0.15, 0.2) is 6.07 Å². The Balaban J connectivity index is 1.92. The Kier molecular flexibility index (Phi) is 4.01. The molecule has 1 atom stereocenters. The first kappa shape index (κ1) is 13.1. The Morgan fingerprint density at radius 1 is 1.61 bits per heavy atom. The number of amides is 1. The number of carbonyl (C=O) groups is 1. The highest BCUT2D eigenvalue weighted by atomic mass is 16.3. The van der Waals surface area contributed by atoms with E-state index in [1.807, 2.05) is 6.92 Å². The van der Waals surface area contributed by atoms with Gasteiger partial charge in [-0.1, -0.05) is 13.8 Å². The maximum Gasteiger partial charge on any atom is 0.272 e. The smallest absolute Gasteiger partial charge is 0.272 e. The molecule has 0 bridgehead atoms. The van der Waals surface area contributed by atoms with Gasteiger partial charge in [0.25, 0.3) is 5.91 Å². The first-order chi connectivity index (χ1) is 8.63. The minimum absolute atomic E-state index is 0.126. The summed E-state index contributed by atoms with van der Waals surface area (Å²) in [5.41, 5.74) is 1.41. The van der Waals surface area contributed by atoms with Gasteiger partial charge in [-0.25, -0.2) is 0 Å². The average Bonchev–Trinajstić information content (AvgIpc) is 2.81. The van der Waals surface area contributed by atoms with Gasteiger partial charge in [0.2, 0.25) is 0 Å². The second kappa shape index (κ2) is 5.52. The van der Waals surface area contributed by atoms with Crippen molar-refractivity contribution in [3.8, 4) is 0 Å². The highest BCUT2D eigenvalue weighted by molar-refractivity contribution is 5.92. The fourth-order valence-electron chi connectivity index (χ4n) is 2.41. The Labute approximate surface area is 107 Å². The third-order valence-electron chi connectivity index (χ3n) is 3.72. The summed E-state index contributed by atoms with van der Waals surface area (Å²) in [5, 5.41) is 19.2. The molecule has 0 saturated heterocycles. The first-order valence-electron chi connectivity index (χ1n) is 6.67. The maximum atomic E-state index is 12.0. The summed E-state index contributed by atoms with van der Waals surface area (Å²) in [4.78, 5) is 12.0. The number of aliphatic hydroxyl groups excluding tert-OH is 1. The number of nitrogens with zero attached hydrogens (tertiary/aromatic N) is 1. The maximum absolute atomic E-state index is 12.0. The van der Waals surface area contributed by atoms with Crippen LogP contribution in [0, 0.1) is 5.92 Å². The van der Waals surface area contributed by atoms with Crippen LogP contribution in [0.5, 0.6) is 0 Å². The molecule has 100 valence electrons. The molecule has 1 aliphatic carbocycles. The molecule has 1 unspecified atom stereocenters. The van der Waals surface area contributed by atoms with E-state index in [-0.39, 0.29) is 18.1 Å². The van der Waals surface area contributed by atoms with Crippen molar-refractivity contribution in [1.82, 2.24) is 15.5 Å². The third-order valence-corrected chi connectivity index (χ3v) is 3.72. The Hall–Kier alpha value is -1.36. The predicted octanol–water partition coefficient (Wildman–Crippen LogP) is 1.25. The molecule has 18 heavy (non-hydrogen) atoms. The van der Waals surface area contributed by atoms with Crippen LogP contribution in [0.4, 0.5) is 0 Å². The van der Waals surface area contributed by atoms with Crippen LogP contribution in [0.25, 0.3) is 0 Å². The molecule has 1 saturated carbocycles. The topological polar surface area (TPSA) is 78.0 Å². The van der Waals surface area contributed by atoms with Crippen molar-refractivity contribution in [3.63, 3.8) is 0 Å². The van der Waals surface area contributed by atoms with E-state index in [1.165, 1.54) is 0 Å². The quantitative estimate of drug-likeness (QED) is 0.737. The molecule has 0 aliphatic heterocycles. The third kappa shape index (κ3) is 2.72. The number of hydrogen-bond acceptors (Lipinski definition) is 3. The predicted molar refractivity (Wildman–Crippen MR) is 68.2 cm³/mol. The van der Waals surface area contributed by atoms with Crippen LogP contribution in [-0.2, 0) is 6.42 Å². The van der Waals surface area contributed by atoms with E-state index in [4.69, 9.17) is 0 Å². The van der Waals surface area contributed by atoms with Crippen LogP contribution >= 0.6 is 0 Å². The monoisotopic (exact) mass is 251 g/mol. The summed E-state index contributed by atoms with van der Waals surface area (Å²) in [6, 6.07) is 1.93. The number of aliphatic hydroxyl groups is 1. The highest BCUT2D eigenvalue weighted by Gasteiger charge is 2.34. The lowest BCUT2D eigenvalue weighted by Gasteiger charge is -2.37. The van der Waals surface area contributed by atoms with E-state index >= 15 is 0 Å². The van der Waals surface area contributed by atoms with E-state index in [1.54, 1.807) is 6.07 Å². The number of H-pyrrole nitrogens is 1. The van der Waals surface area contributed by atoms with Crippen molar-refractivity contribution in [2.75, 3.05) is 0 Å². The molecule has 0 aromatic carbocycles. The van der Waals surface area contributed by atoms with E-state index in [0.717, 1.165) is 31.4 Å². The minimum Gasteiger partial charge on any atom is -0.393 e. The van der Waals surface area contributed by atoms with Crippen molar-refractivity contribution in [2.45, 2.75) is 51.7 Å². The number of aromatic nitrogens is 2. The molecule has 1 heterocycles. The molecule has 2 rings (SSSR count). The number of nitrogens with one attached hydrogen (secondary N) is 2. The standard InChI is InChI=1S/C13H21N3O2/c1-3-9-7-12(16-15-9)13(18)14-11(4-2)8-5-10(17)6-8/h7-8,10-11,17H,3-6H2,1-2H3,(H,14,18)(H,15,16). The van der Waals surface area contributed by atoms with Gasteiger partial charge in [-0.15, -0.1) is 0 Å². The molecule has 1 aromatic heterocycles. The lowest BCUT2D eigenvalue weighted by Crippen LogP contribution is -2.46. The molecular formula is C13H21N3O2. The average molecular weight is 251 g/mol. The summed E-state index contributed by atoms with van der Waals surface area (Å²) in [5.74, 6) is 0.276. The fraction of sp³-hybridized carbons (Fsp3) is 0.692. The summed E-state index contributed by atoms with van der Waals surface area (Å²) >= 11 is 0. The number of aryl methyl sites for hydroxylation is 1. The molecule has 3 N–H and O–H groups in total. The number of hydrogen-bond donors (Lipinski definition) is 3. The normalized spacial score (nSPS) is 24.4. The number of carbonyl (C=O) groups excluding carboxylic acids is 1. The van der Waals surface area contributed by atoms with E-state index < -0.39 is 0 Å². The van der Waals surface area contributed by atoms with Gasteiger partial charge in [-0.3, -0.25) is 9.89 Å². The molecule has 1 amide bonds. The van der Waals surface area contributed by atoms with Crippen LogP contribution < -0.4 is 5.32 Å². The second-order valence-corrected chi connectivity index (χ2v) is 5.01. The molecule has 1 aliphatic rings. The minimum atomic E-state index is -0.182. The summed E-state index contributed by atoms with van der Waals surface area (Å²) in [6.45, 7) is 4.07. The zero-order chi connectivity index (χ0) is 13.1. The lowest BCUT2D eigenvalue weighted by molar-refractivity contribution is 0.0232. The molecule has 5 heteroatoms. The zero-order valence-corrected chi connectivity index (χ0v) is 10.9. The van der Waals surface area contributed by atoms with E-state index in [2.05, 4.69) is 22.4 Å². The Morgan fingerprint density at radius 2 is 2.33 bits per heavy atom. The SMILES string of the molecule is CCc1cc(C(=O)NC(CC)C2CC(O)C2)n[nH]1. The van der Waals surface area contributed by atoms with Crippen molar-refractivity contribution in [1.29, 1.82) is 0 Å². The molecule has 0 radical (unpaired) electrons. The zero-order valence-electron chi connectivity index (χ0n) is 10.9. The molecule has 0 spiro atoms. The summed E-state index contributed by atoms with van der Waals surface area (Å²) in [6.07, 6.45) is 3.12. The summed E-state index contributed by atoms with van der Waals surface area (Å²) < 4.78 is 0. The van der Waals surface area contributed by atoms with Gasteiger partial charge < -0.3 is 10.4 Å². The van der Waals surface area contributed by atoms with Gasteiger partial charge in [-0.05, 0) is 37.7 Å². The Bertz CT molecular complexity index is 410. The van der Waals surface area contributed by atoms with E-state index in [0.29, 0.717) is 11.6 Å². The summed E-state index contributed by atoms with van der Waals surface area (Å²) in [7, 11) is 0. The van der Waals surface area contributed by atoms with Crippen LogP contribution in [0.3, 0.4) is 0 Å². The van der Waals surface area contributed by atoms with Gasteiger partial charge in [0.05, 0.1) is 6.10 Å². The fourth-order valence-corrected chi connectivity index (χ4v) is 2.41. The lowest BCUT2D eigenvalue weighted by atomic mass is 9.76. The van der Waals surface area contributed by atoms with Crippen molar-refractivity contribution >= 4 is 5.91 Å². The highest BCUT2D eigenvalue weighted by Crippen LogP contribution is 2.31. The Morgan fingerprint density at radius 3 is 2.83 bits per heavy atom. The second-order valence-electron chi connectivity index (χ2n) is 5.01. The largest absolute Gasteiger partial charge is 0.393 e. The van der Waals surface area contributed by atoms with Crippen LogP contribution in [0.1, 0.15) is 49.3 Å². The van der Waals surface area contributed by atoms with Gasteiger partial charge >= 0.3 is 0 Å². The van der Waals surface area contributed by atoms with Gasteiger partial charge in [0.1, 0.15) is 5.69 Å². The first-order valence-corrected chi connectivity index (χ1v) is 6.67. The van der Waals surface area contributed by atoms with Gasteiger partial charge in [0.15, 0.2) is 0 Å². The van der Waals surface area contributed by atoms with Gasteiger partial charge in [0, 0.05) is 11.7 Å². The molecule has 1 fully saturated rings. The molecule has 5 nitrogen and oxygen atoms in total. The van der Waals surface area contributed by atoms with Crippen LogP contribution in [-0.4, -0.2) is 33.4 Å². The van der Waals surface area contributed by atoms with Crippen molar-refractivity contribution in [2.24, 2.45) is 5.92 Å². The van der Waals surface area contributed by atoms with Crippen LogP contribution in [0.2, 0.25) is 0 Å². The van der Waals surface area contributed by atoms with Crippen molar-refractivity contribution < 1.29 is 9.90 Å². The number of aromatic amines is 1. The molecular weight excluding hydrogens is 230 g/mol.